The van der Waals surface area contributed by atoms with Crippen molar-refractivity contribution < 1.29 is 4.79 Å². The quantitative estimate of drug-likeness (QED) is 0.706. The normalized spacial score (nSPS) is 15.9. The van der Waals surface area contributed by atoms with Crippen LogP contribution in [0, 0.1) is 12.3 Å². The third kappa shape index (κ3) is 2.58. The average Bonchev–Trinajstić information content (AvgIpc) is 2.52. The van der Waals surface area contributed by atoms with Gasteiger partial charge in [-0.1, -0.05) is 43.7 Å². The summed E-state index contributed by atoms with van der Waals surface area (Å²) < 4.78 is 0. The Morgan fingerprint density at radius 1 is 0.962 bits per heavy atom. The number of aryl methyl sites for hydroxylation is 1. The lowest BCUT2D eigenvalue weighted by molar-refractivity contribution is 0.0911. The molecule has 2 aromatic heterocycles. The molecule has 132 valence electrons. The van der Waals surface area contributed by atoms with Crippen LogP contribution < -0.4 is 11.2 Å². The number of Topliss-reactive ketones (excluding diaryl/α,β-unsaturated/α-hetero) is 1. The number of hydrogen-bond acceptors (Lipinski definition) is 4. The number of rotatable bonds is 1. The number of nitrogens with one attached hydrogen (secondary N) is 2. The molecule has 4 rings (SSSR count). The van der Waals surface area contributed by atoms with Crippen molar-refractivity contribution in [3.05, 3.63) is 61.9 Å². The largest absolute Gasteiger partial charge is 0.327 e. The molecule has 2 heterocycles. The van der Waals surface area contributed by atoms with E-state index in [1.165, 1.54) is 0 Å². The van der Waals surface area contributed by atoms with Gasteiger partial charge in [-0.3, -0.25) is 19.6 Å². The van der Waals surface area contributed by atoms with Crippen molar-refractivity contribution in [1.29, 1.82) is 0 Å². The summed E-state index contributed by atoms with van der Waals surface area (Å²) in [5.41, 5.74) is 2.41. The van der Waals surface area contributed by atoms with Crippen LogP contribution in [-0.4, -0.2) is 20.7 Å². The number of aromatic nitrogens is 3. The maximum absolute atomic E-state index is 13.0. The number of hydrogen-bond donors (Lipinski definition) is 2. The zero-order valence-electron chi connectivity index (χ0n) is 14.9. The van der Waals surface area contributed by atoms with Gasteiger partial charge in [0, 0.05) is 17.5 Å². The lowest BCUT2D eigenvalue weighted by Gasteiger charge is -2.31. The first kappa shape index (κ1) is 16.4. The first-order valence-corrected chi connectivity index (χ1v) is 8.55. The maximum atomic E-state index is 13.0. The van der Waals surface area contributed by atoms with E-state index in [9.17, 15) is 14.4 Å². The first-order valence-electron chi connectivity index (χ1n) is 8.55. The van der Waals surface area contributed by atoms with Crippen molar-refractivity contribution in [3.63, 3.8) is 0 Å². The van der Waals surface area contributed by atoms with Crippen LogP contribution in [0.5, 0.6) is 0 Å². The van der Waals surface area contributed by atoms with Crippen LogP contribution in [0.3, 0.4) is 0 Å². The van der Waals surface area contributed by atoms with Crippen molar-refractivity contribution in [3.8, 4) is 11.1 Å². The van der Waals surface area contributed by atoms with Gasteiger partial charge in [-0.25, -0.2) is 9.78 Å². The SMILES string of the molecule is Cc1ccc(-c2c3c(nc4[nH]c(=O)[nH]c(=O)c24)CC(C)(C)CC3=O)cc1. The van der Waals surface area contributed by atoms with E-state index >= 15 is 0 Å². The Bertz CT molecular complexity index is 1170. The molecule has 0 saturated carbocycles. The van der Waals surface area contributed by atoms with Gasteiger partial charge in [-0.05, 0) is 24.3 Å². The summed E-state index contributed by atoms with van der Waals surface area (Å²) in [6.45, 7) is 6.01. The van der Waals surface area contributed by atoms with Crippen LogP contribution in [0.25, 0.3) is 22.2 Å². The predicted octanol–water partition coefficient (Wildman–Crippen LogP) is 2.74. The van der Waals surface area contributed by atoms with Crippen molar-refractivity contribution >= 4 is 16.8 Å². The molecule has 0 spiro atoms. The molecule has 0 bridgehead atoms. The minimum absolute atomic E-state index is 0.0215. The van der Waals surface area contributed by atoms with Crippen molar-refractivity contribution in [1.82, 2.24) is 15.0 Å². The number of aromatic amines is 2. The van der Waals surface area contributed by atoms with Crippen LogP contribution >= 0.6 is 0 Å². The van der Waals surface area contributed by atoms with Gasteiger partial charge < -0.3 is 0 Å². The Kier molecular flexibility index (Phi) is 3.47. The first-order chi connectivity index (χ1) is 12.2. The number of carbonyl (C=O) groups excluding carboxylic acids is 1. The van der Waals surface area contributed by atoms with Crippen LogP contribution in [0.15, 0.2) is 33.9 Å². The van der Waals surface area contributed by atoms with Gasteiger partial charge in [0.15, 0.2) is 5.78 Å². The van der Waals surface area contributed by atoms with Crippen molar-refractivity contribution in [2.75, 3.05) is 0 Å². The van der Waals surface area contributed by atoms with E-state index in [2.05, 4.69) is 15.0 Å². The van der Waals surface area contributed by atoms with E-state index < -0.39 is 11.2 Å². The zero-order valence-corrected chi connectivity index (χ0v) is 14.9. The Morgan fingerprint density at radius 3 is 2.35 bits per heavy atom. The highest BCUT2D eigenvalue weighted by Gasteiger charge is 2.35. The van der Waals surface area contributed by atoms with E-state index in [1.54, 1.807) is 0 Å². The molecule has 6 heteroatoms. The second-order valence-corrected chi connectivity index (χ2v) is 7.75. The summed E-state index contributed by atoms with van der Waals surface area (Å²) in [6, 6.07) is 7.65. The molecule has 0 aliphatic heterocycles. The topological polar surface area (TPSA) is 95.7 Å². The van der Waals surface area contributed by atoms with Crippen LogP contribution in [-0.2, 0) is 6.42 Å². The number of fused-ring (bicyclic) bond motifs is 2. The van der Waals surface area contributed by atoms with Crippen molar-refractivity contribution in [2.45, 2.75) is 33.6 Å². The minimum atomic E-state index is -0.605. The number of ketones is 1. The van der Waals surface area contributed by atoms with Gasteiger partial charge in [0.05, 0.1) is 11.1 Å². The Hall–Kier alpha value is -3.02. The number of H-pyrrole nitrogens is 2. The second kappa shape index (κ2) is 5.49. The molecule has 0 amide bonds. The summed E-state index contributed by atoms with van der Waals surface area (Å²) in [4.78, 5) is 46.6. The molecule has 1 aliphatic carbocycles. The smallest absolute Gasteiger partial charge is 0.294 e. The van der Waals surface area contributed by atoms with Gasteiger partial charge in [0.2, 0.25) is 0 Å². The Balaban J connectivity index is 2.18. The highest BCUT2D eigenvalue weighted by molar-refractivity contribution is 6.10. The van der Waals surface area contributed by atoms with E-state index in [1.807, 2.05) is 45.0 Å². The number of benzene rings is 1. The molecule has 0 radical (unpaired) electrons. The van der Waals surface area contributed by atoms with Gasteiger partial charge in [-0.15, -0.1) is 0 Å². The zero-order chi connectivity index (χ0) is 18.6. The molecule has 3 aromatic rings. The molecule has 0 unspecified atom stereocenters. The molecule has 0 saturated heterocycles. The fourth-order valence-corrected chi connectivity index (χ4v) is 3.73. The molecule has 26 heavy (non-hydrogen) atoms. The van der Waals surface area contributed by atoms with E-state index in [-0.39, 0.29) is 22.2 Å². The summed E-state index contributed by atoms with van der Waals surface area (Å²) in [5.74, 6) is -0.0215. The number of carbonyl (C=O) groups is 1. The molecule has 6 nitrogen and oxygen atoms in total. The van der Waals surface area contributed by atoms with Gasteiger partial charge in [0.25, 0.3) is 5.56 Å². The molecular weight excluding hydrogens is 330 g/mol. The monoisotopic (exact) mass is 349 g/mol. The Labute approximate surface area is 149 Å². The maximum Gasteiger partial charge on any atom is 0.327 e. The molecule has 2 N–H and O–H groups in total. The van der Waals surface area contributed by atoms with Gasteiger partial charge in [0.1, 0.15) is 5.65 Å². The second-order valence-electron chi connectivity index (χ2n) is 7.75. The molecule has 1 aromatic carbocycles. The summed E-state index contributed by atoms with van der Waals surface area (Å²) >= 11 is 0. The lowest BCUT2D eigenvalue weighted by Crippen LogP contribution is -2.30. The van der Waals surface area contributed by atoms with E-state index in [0.717, 1.165) is 11.1 Å². The average molecular weight is 349 g/mol. The highest BCUT2D eigenvalue weighted by Crippen LogP contribution is 2.40. The van der Waals surface area contributed by atoms with Crippen LogP contribution in [0.2, 0.25) is 0 Å². The van der Waals surface area contributed by atoms with Crippen LogP contribution in [0.1, 0.15) is 41.9 Å². The number of pyridine rings is 1. The number of nitrogens with zero attached hydrogens (tertiary/aromatic N) is 1. The molecular formula is C20H19N3O3. The van der Waals surface area contributed by atoms with E-state index in [0.29, 0.717) is 29.7 Å². The summed E-state index contributed by atoms with van der Waals surface area (Å²) in [7, 11) is 0. The van der Waals surface area contributed by atoms with Gasteiger partial charge >= 0.3 is 5.69 Å². The van der Waals surface area contributed by atoms with E-state index in [4.69, 9.17) is 0 Å². The third-order valence-electron chi connectivity index (χ3n) is 4.86. The fraction of sp³-hybridized carbons (Fsp3) is 0.300. The predicted molar refractivity (Wildman–Crippen MR) is 99.6 cm³/mol. The van der Waals surface area contributed by atoms with Crippen LogP contribution in [0.4, 0.5) is 0 Å². The molecule has 1 aliphatic rings. The minimum Gasteiger partial charge on any atom is -0.294 e. The standard InChI is InChI=1S/C20H19N3O3/c1-10-4-6-11(7-5-10)14-15-12(8-20(2,3)9-13(15)24)21-17-16(14)18(25)23-19(26)22-17/h4-7H,8-9H2,1-3H3,(H2,21,22,23,25,26). The lowest BCUT2D eigenvalue weighted by atomic mass is 9.73. The molecule has 0 fully saturated rings. The summed E-state index contributed by atoms with van der Waals surface area (Å²) in [5, 5.41) is 0.250. The summed E-state index contributed by atoms with van der Waals surface area (Å²) in [6.07, 6.45) is 1.00. The van der Waals surface area contributed by atoms with Crippen molar-refractivity contribution in [2.24, 2.45) is 5.41 Å². The van der Waals surface area contributed by atoms with Gasteiger partial charge in [-0.2, -0.15) is 0 Å². The molecule has 0 atom stereocenters. The third-order valence-corrected chi connectivity index (χ3v) is 4.86. The highest BCUT2D eigenvalue weighted by atomic mass is 16.2. The fourth-order valence-electron chi connectivity index (χ4n) is 3.73. The Morgan fingerprint density at radius 2 is 1.65 bits per heavy atom.